The highest BCUT2D eigenvalue weighted by molar-refractivity contribution is 7.19. The summed E-state index contributed by atoms with van der Waals surface area (Å²) < 4.78 is 0. The van der Waals surface area contributed by atoms with Crippen LogP contribution in [0.25, 0.3) is 0 Å². The molecule has 0 saturated carbocycles. The molecule has 4 N–H and O–H groups in total. The Kier molecular flexibility index (Phi) is 4.88. The monoisotopic (exact) mass is 309 g/mol. The molecule has 0 bridgehead atoms. The van der Waals surface area contributed by atoms with Crippen LogP contribution in [0.15, 0.2) is 0 Å². The molecule has 1 amide bonds. The molecule has 2 rings (SSSR count). The molecule has 1 saturated heterocycles. The summed E-state index contributed by atoms with van der Waals surface area (Å²) >= 11 is 1.30. The number of nitrogens with two attached hydrogens (primary N) is 2. The van der Waals surface area contributed by atoms with E-state index in [-0.39, 0.29) is 11.5 Å². The van der Waals surface area contributed by atoms with Crippen molar-refractivity contribution in [2.45, 2.75) is 39.5 Å². The van der Waals surface area contributed by atoms with Crippen LogP contribution in [0.2, 0.25) is 0 Å². The fourth-order valence-corrected chi connectivity index (χ4v) is 4.10. The molecule has 1 aromatic rings. The third-order valence-electron chi connectivity index (χ3n) is 4.20. The van der Waals surface area contributed by atoms with Crippen molar-refractivity contribution in [3.05, 3.63) is 10.4 Å². The van der Waals surface area contributed by atoms with Crippen LogP contribution in [-0.2, 0) is 0 Å². The molecule has 1 unspecified atom stereocenters. The van der Waals surface area contributed by atoms with Crippen molar-refractivity contribution in [3.63, 3.8) is 0 Å². The zero-order chi connectivity index (χ0) is 15.6. The number of nitrogen functional groups attached to an aromatic ring is 1. The Bertz CT molecular complexity index is 553. The number of primary amides is 1. The van der Waals surface area contributed by atoms with Gasteiger partial charge in [0.1, 0.15) is 5.00 Å². The first-order valence-corrected chi connectivity index (χ1v) is 8.25. The van der Waals surface area contributed by atoms with Gasteiger partial charge in [0, 0.05) is 20.0 Å². The summed E-state index contributed by atoms with van der Waals surface area (Å²) in [5.74, 6) is 0.0617. The minimum atomic E-state index is -0.553. The van der Waals surface area contributed by atoms with Crippen molar-refractivity contribution in [2.24, 2.45) is 11.7 Å². The molecule has 5 nitrogen and oxygen atoms in total. The molecular formula is C15H23N3O2S. The highest BCUT2D eigenvalue weighted by atomic mass is 32.1. The molecule has 1 fully saturated rings. The second-order valence-corrected chi connectivity index (χ2v) is 6.64. The van der Waals surface area contributed by atoms with Crippen LogP contribution in [0.4, 0.5) is 10.7 Å². The number of nitrogens with zero attached hydrogens (tertiary/aromatic N) is 1. The van der Waals surface area contributed by atoms with Gasteiger partial charge in [-0.3, -0.25) is 9.59 Å². The van der Waals surface area contributed by atoms with E-state index in [4.69, 9.17) is 11.5 Å². The van der Waals surface area contributed by atoms with Crippen LogP contribution in [0.3, 0.4) is 0 Å². The van der Waals surface area contributed by atoms with Crippen molar-refractivity contribution in [3.8, 4) is 0 Å². The summed E-state index contributed by atoms with van der Waals surface area (Å²) in [6.45, 7) is 5.45. The molecule has 1 aliphatic heterocycles. The van der Waals surface area contributed by atoms with Gasteiger partial charge >= 0.3 is 0 Å². The lowest BCUT2D eigenvalue weighted by Gasteiger charge is -2.22. The molecule has 2 heterocycles. The molecule has 1 aliphatic rings. The first-order valence-electron chi connectivity index (χ1n) is 7.43. The van der Waals surface area contributed by atoms with E-state index in [1.54, 1.807) is 0 Å². The Morgan fingerprint density at radius 3 is 2.62 bits per heavy atom. The van der Waals surface area contributed by atoms with Crippen LogP contribution in [0, 0.1) is 5.92 Å². The van der Waals surface area contributed by atoms with Crippen LogP contribution < -0.4 is 16.4 Å². The zero-order valence-corrected chi connectivity index (χ0v) is 13.5. The number of carbonyl (C=O) groups is 2. The Labute approximate surface area is 129 Å². The lowest BCUT2D eigenvalue weighted by Crippen LogP contribution is -2.26. The van der Waals surface area contributed by atoms with Crippen molar-refractivity contribution in [1.29, 1.82) is 0 Å². The number of thiophene rings is 1. The predicted octanol–water partition coefficient (Wildman–Crippen LogP) is 2.65. The van der Waals surface area contributed by atoms with E-state index in [1.165, 1.54) is 31.1 Å². The van der Waals surface area contributed by atoms with Crippen molar-refractivity contribution in [2.75, 3.05) is 23.7 Å². The highest BCUT2D eigenvalue weighted by Gasteiger charge is 2.27. The van der Waals surface area contributed by atoms with Crippen LogP contribution in [-0.4, -0.2) is 24.8 Å². The lowest BCUT2D eigenvalue weighted by molar-refractivity contribution is 0.100. The normalized spacial score (nSPS) is 19.3. The van der Waals surface area contributed by atoms with Gasteiger partial charge in [0.2, 0.25) is 0 Å². The summed E-state index contributed by atoms with van der Waals surface area (Å²) in [6.07, 6.45) is 4.58. The summed E-state index contributed by atoms with van der Waals surface area (Å²) in [7, 11) is 0. The predicted molar refractivity (Wildman–Crippen MR) is 87.1 cm³/mol. The van der Waals surface area contributed by atoms with Gasteiger partial charge in [-0.1, -0.05) is 13.3 Å². The number of Topliss-reactive ketones (excluding diaryl/α,β-unsaturated/α-hetero) is 1. The average molecular weight is 309 g/mol. The quantitative estimate of drug-likeness (QED) is 0.837. The van der Waals surface area contributed by atoms with E-state index < -0.39 is 5.91 Å². The molecule has 0 aromatic carbocycles. The minimum Gasteiger partial charge on any atom is -0.397 e. The molecular weight excluding hydrogens is 286 g/mol. The van der Waals surface area contributed by atoms with E-state index in [0.29, 0.717) is 10.4 Å². The second kappa shape index (κ2) is 6.47. The fraction of sp³-hybridized carbons (Fsp3) is 0.600. The van der Waals surface area contributed by atoms with Gasteiger partial charge in [0.25, 0.3) is 5.91 Å². The summed E-state index contributed by atoms with van der Waals surface area (Å²) in [5.41, 5.74) is 12.0. The number of hydrogen-bond acceptors (Lipinski definition) is 5. The topological polar surface area (TPSA) is 89.4 Å². The van der Waals surface area contributed by atoms with Crippen molar-refractivity contribution >= 4 is 33.7 Å². The lowest BCUT2D eigenvalue weighted by atomic mass is 9.98. The van der Waals surface area contributed by atoms with Gasteiger partial charge in [-0.05, 0) is 25.2 Å². The van der Waals surface area contributed by atoms with Gasteiger partial charge in [0.05, 0.1) is 16.1 Å². The average Bonchev–Trinajstić information content (AvgIpc) is 2.62. The van der Waals surface area contributed by atoms with Gasteiger partial charge in [0.15, 0.2) is 5.78 Å². The molecule has 116 valence electrons. The third kappa shape index (κ3) is 3.20. The highest BCUT2D eigenvalue weighted by Crippen LogP contribution is 2.39. The smallest absolute Gasteiger partial charge is 0.253 e. The first kappa shape index (κ1) is 15.8. The van der Waals surface area contributed by atoms with Crippen LogP contribution >= 0.6 is 11.3 Å². The molecule has 0 spiro atoms. The molecule has 0 radical (unpaired) electrons. The molecule has 0 aliphatic carbocycles. The van der Waals surface area contributed by atoms with Crippen molar-refractivity contribution < 1.29 is 9.59 Å². The standard InChI is InChI=1S/C15H23N3O2S/c1-3-10-5-4-7-18(8-6-10)15-11(14(17)20)12(16)13(21-15)9(2)19/h10H,3-8,16H2,1-2H3,(H2,17,20). The first-order chi connectivity index (χ1) is 9.95. The number of amides is 1. The number of ketones is 1. The molecule has 1 atom stereocenters. The Morgan fingerprint density at radius 2 is 2.05 bits per heavy atom. The third-order valence-corrected chi connectivity index (χ3v) is 5.57. The Morgan fingerprint density at radius 1 is 1.33 bits per heavy atom. The van der Waals surface area contributed by atoms with E-state index in [1.807, 2.05) is 0 Å². The summed E-state index contributed by atoms with van der Waals surface area (Å²) in [5, 5.41) is 0.766. The second-order valence-electron chi connectivity index (χ2n) is 5.64. The number of carbonyl (C=O) groups excluding carboxylic acids is 2. The van der Waals surface area contributed by atoms with E-state index >= 15 is 0 Å². The van der Waals surface area contributed by atoms with Crippen LogP contribution in [0.5, 0.6) is 0 Å². The molecule has 1 aromatic heterocycles. The summed E-state index contributed by atoms with van der Waals surface area (Å²) in [4.78, 5) is 26.0. The molecule has 6 heteroatoms. The number of rotatable bonds is 4. The summed E-state index contributed by atoms with van der Waals surface area (Å²) in [6, 6.07) is 0. The van der Waals surface area contributed by atoms with E-state index in [2.05, 4.69) is 11.8 Å². The Hall–Kier alpha value is -1.56. The molecule has 21 heavy (non-hydrogen) atoms. The van der Waals surface area contributed by atoms with Crippen LogP contribution in [0.1, 0.15) is 59.6 Å². The van der Waals surface area contributed by atoms with Crippen molar-refractivity contribution in [1.82, 2.24) is 0 Å². The zero-order valence-electron chi connectivity index (χ0n) is 12.6. The maximum atomic E-state index is 11.7. The van der Waals surface area contributed by atoms with Gasteiger partial charge < -0.3 is 16.4 Å². The fourth-order valence-electron chi connectivity index (χ4n) is 2.93. The number of hydrogen-bond donors (Lipinski definition) is 2. The SMILES string of the molecule is CCC1CCCN(c2sc(C(C)=O)c(N)c2C(N)=O)CC1. The Balaban J connectivity index is 2.36. The van der Waals surface area contributed by atoms with E-state index in [0.717, 1.165) is 36.9 Å². The van der Waals surface area contributed by atoms with E-state index in [9.17, 15) is 9.59 Å². The van der Waals surface area contributed by atoms with Gasteiger partial charge in [-0.2, -0.15) is 0 Å². The largest absolute Gasteiger partial charge is 0.397 e. The number of anilines is 2. The van der Waals surface area contributed by atoms with Gasteiger partial charge in [-0.15, -0.1) is 11.3 Å². The minimum absolute atomic E-state index is 0.118. The van der Waals surface area contributed by atoms with Gasteiger partial charge in [-0.25, -0.2) is 0 Å². The maximum Gasteiger partial charge on any atom is 0.253 e. The maximum absolute atomic E-state index is 11.7.